The van der Waals surface area contributed by atoms with Crippen molar-refractivity contribution in [2.24, 2.45) is 11.7 Å². The van der Waals surface area contributed by atoms with E-state index in [0.29, 0.717) is 5.92 Å². The first kappa shape index (κ1) is 11.0. The Morgan fingerprint density at radius 3 is 2.40 bits per heavy atom. The molecule has 0 spiro atoms. The molecule has 1 unspecified atom stereocenters. The fraction of sp³-hybridized carbons (Fsp3) is 0.846. The maximum atomic E-state index is 6.28. The minimum atomic E-state index is 0.172. The summed E-state index contributed by atoms with van der Waals surface area (Å²) in [6.45, 7) is 0.843. The van der Waals surface area contributed by atoms with Gasteiger partial charge >= 0.3 is 0 Å². The number of hydrogen-bond acceptors (Lipinski definition) is 2. The van der Waals surface area contributed by atoms with Crippen molar-refractivity contribution in [2.75, 3.05) is 6.61 Å². The van der Waals surface area contributed by atoms with Gasteiger partial charge in [-0.2, -0.15) is 0 Å². The quantitative estimate of drug-likeness (QED) is 0.759. The molecule has 0 aromatic heterocycles. The first-order valence-electron chi connectivity index (χ1n) is 6.46. The van der Waals surface area contributed by atoms with Crippen LogP contribution in [0.1, 0.15) is 51.4 Å². The van der Waals surface area contributed by atoms with Crippen LogP contribution in [0, 0.1) is 5.92 Å². The van der Waals surface area contributed by atoms with Gasteiger partial charge in [0.2, 0.25) is 0 Å². The van der Waals surface area contributed by atoms with E-state index in [1.54, 1.807) is 0 Å². The highest BCUT2D eigenvalue weighted by Crippen LogP contribution is 2.28. The second-order valence-electron chi connectivity index (χ2n) is 4.87. The largest absolute Gasteiger partial charge is 0.496 e. The van der Waals surface area contributed by atoms with E-state index in [9.17, 15) is 0 Å². The fourth-order valence-electron chi connectivity index (χ4n) is 2.75. The number of rotatable bonds is 2. The van der Waals surface area contributed by atoms with Crippen LogP contribution in [0.5, 0.6) is 0 Å². The van der Waals surface area contributed by atoms with Gasteiger partial charge in [0, 0.05) is 6.42 Å². The van der Waals surface area contributed by atoms with Crippen LogP contribution in [-0.2, 0) is 4.74 Å². The summed E-state index contributed by atoms with van der Waals surface area (Å²) >= 11 is 0. The van der Waals surface area contributed by atoms with Crippen LogP contribution in [0.2, 0.25) is 0 Å². The Morgan fingerprint density at radius 1 is 1.13 bits per heavy atom. The third-order valence-electron chi connectivity index (χ3n) is 3.72. The summed E-state index contributed by atoms with van der Waals surface area (Å²) in [6, 6.07) is 0.172. The molecule has 1 heterocycles. The highest BCUT2D eigenvalue weighted by Gasteiger charge is 2.24. The molecule has 0 radical (unpaired) electrons. The molecule has 2 heteroatoms. The van der Waals surface area contributed by atoms with Gasteiger partial charge in [0.15, 0.2) is 0 Å². The average molecular weight is 209 g/mol. The Hall–Kier alpha value is -0.500. The Bertz CT molecular complexity index is 217. The van der Waals surface area contributed by atoms with E-state index < -0.39 is 0 Å². The molecule has 0 amide bonds. The van der Waals surface area contributed by atoms with Gasteiger partial charge in [0.1, 0.15) is 5.76 Å². The summed E-state index contributed by atoms with van der Waals surface area (Å²) in [6.07, 6.45) is 12.7. The molecule has 2 rings (SSSR count). The third-order valence-corrected chi connectivity index (χ3v) is 3.72. The maximum absolute atomic E-state index is 6.28. The standard InChI is InChI=1S/C13H23NO/c14-13(12-9-6-10-15-12)11-7-4-2-1-3-5-8-11/h9,11,13H,1-8,10,14H2. The smallest absolute Gasteiger partial charge is 0.109 e. The first-order valence-corrected chi connectivity index (χ1v) is 6.46. The molecular weight excluding hydrogens is 186 g/mol. The molecule has 1 saturated carbocycles. The van der Waals surface area contributed by atoms with Crippen LogP contribution in [0.25, 0.3) is 0 Å². The van der Waals surface area contributed by atoms with E-state index >= 15 is 0 Å². The summed E-state index contributed by atoms with van der Waals surface area (Å²) in [5.41, 5.74) is 6.28. The monoisotopic (exact) mass is 209 g/mol. The number of ether oxygens (including phenoxy) is 1. The molecule has 0 aromatic carbocycles. The van der Waals surface area contributed by atoms with Gasteiger partial charge in [0.25, 0.3) is 0 Å². The molecule has 0 bridgehead atoms. The molecular formula is C13H23NO. The topological polar surface area (TPSA) is 35.2 Å². The van der Waals surface area contributed by atoms with Crippen molar-refractivity contribution in [3.8, 4) is 0 Å². The van der Waals surface area contributed by atoms with Gasteiger partial charge in [0.05, 0.1) is 12.6 Å². The summed E-state index contributed by atoms with van der Waals surface area (Å²) in [5.74, 6) is 1.73. The molecule has 2 aliphatic rings. The van der Waals surface area contributed by atoms with E-state index in [0.717, 1.165) is 18.8 Å². The zero-order valence-electron chi connectivity index (χ0n) is 9.58. The van der Waals surface area contributed by atoms with E-state index in [2.05, 4.69) is 6.08 Å². The van der Waals surface area contributed by atoms with Crippen molar-refractivity contribution >= 4 is 0 Å². The van der Waals surface area contributed by atoms with E-state index in [1.807, 2.05) is 0 Å². The van der Waals surface area contributed by atoms with Crippen LogP contribution < -0.4 is 5.73 Å². The predicted molar refractivity (Wildman–Crippen MR) is 62.4 cm³/mol. The van der Waals surface area contributed by atoms with Gasteiger partial charge in [-0.25, -0.2) is 0 Å². The molecule has 2 nitrogen and oxygen atoms in total. The molecule has 0 aromatic rings. The minimum Gasteiger partial charge on any atom is -0.496 e. The normalized spacial score (nSPS) is 26.3. The van der Waals surface area contributed by atoms with Crippen molar-refractivity contribution in [3.05, 3.63) is 11.8 Å². The van der Waals surface area contributed by atoms with Gasteiger partial charge in [-0.05, 0) is 24.8 Å². The lowest BCUT2D eigenvalue weighted by atomic mass is 9.85. The lowest BCUT2D eigenvalue weighted by molar-refractivity contribution is 0.197. The van der Waals surface area contributed by atoms with Crippen molar-refractivity contribution in [1.29, 1.82) is 0 Å². The SMILES string of the molecule is NC(C1=CCCO1)C1CCCCCCC1. The highest BCUT2D eigenvalue weighted by molar-refractivity contribution is 5.08. The van der Waals surface area contributed by atoms with Crippen molar-refractivity contribution in [3.63, 3.8) is 0 Å². The van der Waals surface area contributed by atoms with Crippen molar-refractivity contribution in [1.82, 2.24) is 0 Å². The average Bonchev–Trinajstić information content (AvgIpc) is 2.68. The molecule has 1 aliphatic heterocycles. The zero-order valence-corrected chi connectivity index (χ0v) is 9.58. The molecule has 1 atom stereocenters. The van der Waals surface area contributed by atoms with E-state index in [-0.39, 0.29) is 6.04 Å². The summed E-state index contributed by atoms with van der Waals surface area (Å²) in [4.78, 5) is 0. The Labute approximate surface area is 92.9 Å². The predicted octanol–water partition coefficient (Wildman–Crippen LogP) is 2.98. The highest BCUT2D eigenvalue weighted by atomic mass is 16.5. The lowest BCUT2D eigenvalue weighted by Crippen LogP contribution is -2.32. The Morgan fingerprint density at radius 2 is 1.80 bits per heavy atom. The molecule has 86 valence electrons. The van der Waals surface area contributed by atoms with Gasteiger partial charge in [-0.1, -0.05) is 32.1 Å². The summed E-state index contributed by atoms with van der Waals surface area (Å²) in [7, 11) is 0. The van der Waals surface area contributed by atoms with Crippen LogP contribution in [0.15, 0.2) is 11.8 Å². The lowest BCUT2D eigenvalue weighted by Gasteiger charge is -2.26. The van der Waals surface area contributed by atoms with Gasteiger partial charge < -0.3 is 10.5 Å². The van der Waals surface area contributed by atoms with Crippen molar-refractivity contribution < 1.29 is 4.74 Å². The van der Waals surface area contributed by atoms with Gasteiger partial charge in [-0.3, -0.25) is 0 Å². The molecule has 2 N–H and O–H groups in total. The molecule has 1 aliphatic carbocycles. The van der Waals surface area contributed by atoms with Crippen molar-refractivity contribution in [2.45, 2.75) is 57.4 Å². The van der Waals surface area contributed by atoms with E-state index in [4.69, 9.17) is 10.5 Å². The molecule has 0 saturated heterocycles. The second-order valence-corrected chi connectivity index (χ2v) is 4.87. The number of hydrogen-bond donors (Lipinski definition) is 1. The summed E-state index contributed by atoms with van der Waals surface area (Å²) in [5, 5.41) is 0. The fourth-order valence-corrected chi connectivity index (χ4v) is 2.75. The molecule has 15 heavy (non-hydrogen) atoms. The van der Waals surface area contributed by atoms with Crippen LogP contribution in [0.3, 0.4) is 0 Å². The number of nitrogens with two attached hydrogens (primary N) is 1. The zero-order chi connectivity index (χ0) is 10.5. The Balaban J connectivity index is 1.88. The minimum absolute atomic E-state index is 0.172. The maximum Gasteiger partial charge on any atom is 0.109 e. The van der Waals surface area contributed by atoms with Crippen LogP contribution in [0.4, 0.5) is 0 Å². The van der Waals surface area contributed by atoms with Gasteiger partial charge in [-0.15, -0.1) is 0 Å². The van der Waals surface area contributed by atoms with Crippen LogP contribution in [-0.4, -0.2) is 12.6 Å². The van der Waals surface area contributed by atoms with E-state index in [1.165, 1.54) is 44.9 Å². The summed E-state index contributed by atoms with van der Waals surface area (Å²) < 4.78 is 5.58. The Kier molecular flexibility index (Phi) is 4.07. The molecule has 1 fully saturated rings. The first-order chi connectivity index (χ1) is 7.38. The van der Waals surface area contributed by atoms with Crippen LogP contribution >= 0.6 is 0 Å². The third kappa shape index (κ3) is 2.97. The second kappa shape index (κ2) is 5.55.